The van der Waals surface area contributed by atoms with Gasteiger partial charge in [-0.25, -0.2) is 4.98 Å². The van der Waals surface area contributed by atoms with E-state index in [-0.39, 0.29) is 11.2 Å². The third kappa shape index (κ3) is 4.77. The van der Waals surface area contributed by atoms with Crippen LogP contribution in [-0.4, -0.2) is 26.3 Å². The summed E-state index contributed by atoms with van der Waals surface area (Å²) in [5.41, 5.74) is 4.16. The number of amides is 1. The highest BCUT2D eigenvalue weighted by Gasteiger charge is 2.19. The number of nitrogens with one attached hydrogen (secondary N) is 2. The zero-order valence-corrected chi connectivity index (χ0v) is 16.8. The van der Waals surface area contributed by atoms with Crippen molar-refractivity contribution in [2.75, 3.05) is 5.32 Å². The van der Waals surface area contributed by atoms with E-state index < -0.39 is 0 Å². The summed E-state index contributed by atoms with van der Waals surface area (Å²) >= 11 is 1.34. The third-order valence-electron chi connectivity index (χ3n) is 4.28. The molecule has 1 unspecified atom stereocenters. The van der Waals surface area contributed by atoms with Gasteiger partial charge in [-0.1, -0.05) is 73.6 Å². The first-order valence-electron chi connectivity index (χ1n) is 9.00. The van der Waals surface area contributed by atoms with Crippen molar-refractivity contribution in [2.45, 2.75) is 44.0 Å². The van der Waals surface area contributed by atoms with Crippen molar-refractivity contribution < 1.29 is 4.79 Å². The van der Waals surface area contributed by atoms with Crippen molar-refractivity contribution in [2.24, 2.45) is 0 Å². The van der Waals surface area contributed by atoms with Crippen molar-refractivity contribution in [3.8, 4) is 11.4 Å². The van der Waals surface area contributed by atoms with Crippen LogP contribution in [-0.2, 0) is 4.79 Å². The first kappa shape index (κ1) is 19.2. The summed E-state index contributed by atoms with van der Waals surface area (Å²) in [7, 11) is 0. The van der Waals surface area contributed by atoms with Gasteiger partial charge >= 0.3 is 0 Å². The predicted octanol–water partition coefficient (Wildman–Crippen LogP) is 5.02. The van der Waals surface area contributed by atoms with Crippen molar-refractivity contribution in [1.29, 1.82) is 0 Å². The molecule has 5 nitrogen and oxygen atoms in total. The summed E-state index contributed by atoms with van der Waals surface area (Å²) in [5, 5.41) is 10.5. The molecule has 0 saturated carbocycles. The molecule has 1 aromatic heterocycles. The number of hydrogen-bond donors (Lipinski definition) is 2. The predicted molar refractivity (Wildman–Crippen MR) is 111 cm³/mol. The van der Waals surface area contributed by atoms with Crippen LogP contribution in [0.25, 0.3) is 11.4 Å². The first-order chi connectivity index (χ1) is 12.9. The molecule has 6 heteroatoms. The molecule has 0 aliphatic rings. The van der Waals surface area contributed by atoms with Gasteiger partial charge in [0.25, 0.3) is 0 Å². The number of nitrogens with zero attached hydrogens (tertiary/aromatic N) is 2. The Balaban J connectivity index is 1.66. The maximum atomic E-state index is 12.6. The lowest BCUT2D eigenvalue weighted by atomic mass is 10.0. The average Bonchev–Trinajstić information content (AvgIpc) is 3.11. The number of carbonyl (C=O) groups is 1. The number of carbonyl (C=O) groups excluding carboxylic acids is 1. The van der Waals surface area contributed by atoms with Crippen molar-refractivity contribution in [1.82, 2.24) is 15.2 Å². The Morgan fingerprint density at radius 3 is 2.48 bits per heavy atom. The van der Waals surface area contributed by atoms with Crippen molar-refractivity contribution >= 4 is 23.4 Å². The Labute approximate surface area is 164 Å². The highest BCUT2D eigenvalue weighted by Crippen LogP contribution is 2.27. The average molecular weight is 381 g/mol. The van der Waals surface area contributed by atoms with Gasteiger partial charge in [0.05, 0.1) is 5.25 Å². The molecule has 0 saturated heterocycles. The maximum absolute atomic E-state index is 12.6. The SMILES string of the molecule is Cc1ccc(-c2nc(SC(C)C(=O)Nc3ccccc3C(C)C)n[nH]2)cc1. The number of H-pyrrole nitrogens is 1. The molecule has 0 aliphatic carbocycles. The number of aryl methyl sites for hydroxylation is 1. The summed E-state index contributed by atoms with van der Waals surface area (Å²) in [6, 6.07) is 16.0. The molecule has 1 heterocycles. The Morgan fingerprint density at radius 2 is 1.78 bits per heavy atom. The minimum absolute atomic E-state index is 0.0604. The second-order valence-corrected chi connectivity index (χ2v) is 8.13. The number of aromatic nitrogens is 3. The number of anilines is 1. The highest BCUT2D eigenvalue weighted by molar-refractivity contribution is 8.00. The summed E-state index contributed by atoms with van der Waals surface area (Å²) in [5.74, 6) is 0.986. The van der Waals surface area contributed by atoms with Crippen LogP contribution in [0.3, 0.4) is 0 Å². The molecule has 140 valence electrons. The Kier molecular flexibility index (Phi) is 5.96. The molecule has 0 aliphatic heterocycles. The standard InChI is InChI=1S/C21H24N4OS/c1-13(2)17-7-5-6-8-18(17)22-20(26)15(4)27-21-23-19(24-25-21)16-11-9-14(3)10-12-16/h5-13,15H,1-4H3,(H,22,26)(H,23,24,25). The van der Waals surface area contributed by atoms with Gasteiger partial charge in [0.1, 0.15) is 0 Å². The van der Waals surface area contributed by atoms with Crippen molar-refractivity contribution in [3.05, 3.63) is 59.7 Å². The fraction of sp³-hybridized carbons (Fsp3) is 0.286. The summed E-state index contributed by atoms with van der Waals surface area (Å²) < 4.78 is 0. The number of benzene rings is 2. The maximum Gasteiger partial charge on any atom is 0.237 e. The fourth-order valence-corrected chi connectivity index (χ4v) is 3.42. The van der Waals surface area contributed by atoms with Crippen LogP contribution < -0.4 is 5.32 Å². The van der Waals surface area contributed by atoms with Gasteiger partial charge in [0, 0.05) is 11.3 Å². The Morgan fingerprint density at radius 1 is 1.07 bits per heavy atom. The van der Waals surface area contributed by atoms with E-state index in [1.54, 1.807) is 0 Å². The topological polar surface area (TPSA) is 70.7 Å². The lowest BCUT2D eigenvalue weighted by Gasteiger charge is -2.15. The van der Waals surface area contributed by atoms with E-state index in [9.17, 15) is 4.79 Å². The largest absolute Gasteiger partial charge is 0.325 e. The van der Waals surface area contributed by atoms with E-state index in [4.69, 9.17) is 0 Å². The van der Waals surface area contributed by atoms with Gasteiger partial charge < -0.3 is 5.32 Å². The molecule has 3 aromatic rings. The van der Waals surface area contributed by atoms with Crippen LogP contribution in [0, 0.1) is 6.92 Å². The Hall–Kier alpha value is -2.60. The second-order valence-electron chi connectivity index (χ2n) is 6.82. The van der Waals surface area contributed by atoms with E-state index in [0.717, 1.165) is 16.8 Å². The number of para-hydroxylation sites is 1. The van der Waals surface area contributed by atoms with Crippen LogP contribution in [0.4, 0.5) is 5.69 Å². The van der Waals surface area contributed by atoms with Crippen LogP contribution in [0.1, 0.15) is 37.8 Å². The van der Waals surface area contributed by atoms with E-state index in [2.05, 4.69) is 34.3 Å². The molecular weight excluding hydrogens is 356 g/mol. The molecule has 1 atom stereocenters. The molecule has 2 N–H and O–H groups in total. The quantitative estimate of drug-likeness (QED) is 0.589. The molecule has 0 spiro atoms. The van der Waals surface area contributed by atoms with Crippen LogP contribution in [0.15, 0.2) is 53.7 Å². The smallest absolute Gasteiger partial charge is 0.237 e. The van der Waals surface area contributed by atoms with Gasteiger partial charge in [0.2, 0.25) is 11.1 Å². The zero-order chi connectivity index (χ0) is 19.4. The molecule has 2 aromatic carbocycles. The normalized spacial score (nSPS) is 12.2. The fourth-order valence-electron chi connectivity index (χ4n) is 2.70. The summed E-state index contributed by atoms with van der Waals surface area (Å²) in [6.45, 7) is 8.13. The minimum Gasteiger partial charge on any atom is -0.325 e. The lowest BCUT2D eigenvalue weighted by molar-refractivity contribution is -0.115. The van der Waals surface area contributed by atoms with Gasteiger partial charge in [-0.3, -0.25) is 9.89 Å². The third-order valence-corrected chi connectivity index (χ3v) is 5.24. The molecule has 1 amide bonds. The zero-order valence-electron chi connectivity index (χ0n) is 16.0. The van der Waals surface area contributed by atoms with E-state index in [1.165, 1.54) is 17.3 Å². The van der Waals surface area contributed by atoms with E-state index in [1.807, 2.05) is 62.4 Å². The molecule has 0 bridgehead atoms. The van der Waals surface area contributed by atoms with Gasteiger partial charge in [-0.2, -0.15) is 0 Å². The number of thioether (sulfide) groups is 1. The number of hydrogen-bond acceptors (Lipinski definition) is 4. The first-order valence-corrected chi connectivity index (χ1v) is 9.88. The van der Waals surface area contributed by atoms with Crippen molar-refractivity contribution in [3.63, 3.8) is 0 Å². The van der Waals surface area contributed by atoms with E-state index in [0.29, 0.717) is 16.9 Å². The minimum atomic E-state index is -0.313. The highest BCUT2D eigenvalue weighted by atomic mass is 32.2. The summed E-state index contributed by atoms with van der Waals surface area (Å²) in [4.78, 5) is 17.1. The molecule has 27 heavy (non-hydrogen) atoms. The van der Waals surface area contributed by atoms with Gasteiger partial charge in [-0.05, 0) is 31.4 Å². The van der Waals surface area contributed by atoms with Crippen LogP contribution >= 0.6 is 11.8 Å². The molecule has 0 radical (unpaired) electrons. The molecular formula is C21H24N4OS. The lowest BCUT2D eigenvalue weighted by Crippen LogP contribution is -2.23. The monoisotopic (exact) mass is 380 g/mol. The van der Waals surface area contributed by atoms with E-state index >= 15 is 0 Å². The second kappa shape index (κ2) is 8.39. The van der Waals surface area contributed by atoms with Gasteiger partial charge in [0.15, 0.2) is 5.82 Å². The van der Waals surface area contributed by atoms with Crippen LogP contribution in [0.5, 0.6) is 0 Å². The number of aromatic amines is 1. The molecule has 0 fully saturated rings. The van der Waals surface area contributed by atoms with Crippen LogP contribution in [0.2, 0.25) is 0 Å². The molecule has 3 rings (SSSR count). The summed E-state index contributed by atoms with van der Waals surface area (Å²) in [6.07, 6.45) is 0. The van der Waals surface area contributed by atoms with Gasteiger partial charge in [-0.15, -0.1) is 5.10 Å². The Bertz CT molecular complexity index is 918. The number of rotatable bonds is 6.